The van der Waals surface area contributed by atoms with Gasteiger partial charge >= 0.3 is 12.2 Å². The molecular formula is C47H57N9O7. The number of carbonyl (C=O) groups is 4. The van der Waals surface area contributed by atoms with Crippen molar-refractivity contribution < 1.29 is 33.4 Å². The molecule has 1 unspecified atom stereocenters. The van der Waals surface area contributed by atoms with Crippen molar-refractivity contribution >= 4 is 34.9 Å². The Morgan fingerprint density at radius 2 is 1.40 bits per heavy atom. The highest BCUT2D eigenvalue weighted by atomic mass is 16.5. The summed E-state index contributed by atoms with van der Waals surface area (Å²) in [7, 11) is 2.60. The van der Waals surface area contributed by atoms with Crippen LogP contribution in [0.2, 0.25) is 0 Å². The van der Waals surface area contributed by atoms with Crippen LogP contribution in [0.25, 0.3) is 44.7 Å². The van der Waals surface area contributed by atoms with Gasteiger partial charge in [-0.3, -0.25) is 9.59 Å². The second-order valence-corrected chi connectivity index (χ2v) is 18.1. The van der Waals surface area contributed by atoms with Gasteiger partial charge in [0.05, 0.1) is 61.3 Å². The fourth-order valence-electron chi connectivity index (χ4n) is 10.4. The van der Waals surface area contributed by atoms with E-state index >= 15 is 0 Å². The molecule has 10 rings (SSSR count). The van der Waals surface area contributed by atoms with Gasteiger partial charge in [0.2, 0.25) is 11.8 Å². The molecule has 1 saturated carbocycles. The molecule has 5 aromatic rings. The Kier molecular flexibility index (Phi) is 11.2. The predicted molar refractivity (Wildman–Crippen MR) is 235 cm³/mol. The highest BCUT2D eigenvalue weighted by molar-refractivity contribution is 5.92. The largest absolute Gasteiger partial charge is 0.470 e. The van der Waals surface area contributed by atoms with Crippen molar-refractivity contribution in [3.05, 3.63) is 66.5 Å². The van der Waals surface area contributed by atoms with E-state index in [1.54, 1.807) is 0 Å². The fourth-order valence-corrected chi connectivity index (χ4v) is 10.4. The number of amides is 4. The van der Waals surface area contributed by atoms with Crippen LogP contribution in [-0.4, -0.2) is 97.2 Å². The lowest BCUT2D eigenvalue weighted by Gasteiger charge is -2.51. The Labute approximate surface area is 366 Å². The summed E-state index contributed by atoms with van der Waals surface area (Å²) in [6.07, 6.45) is 7.67. The van der Waals surface area contributed by atoms with E-state index in [-0.39, 0.29) is 53.9 Å². The van der Waals surface area contributed by atoms with Gasteiger partial charge in [-0.1, -0.05) is 39.8 Å². The highest BCUT2D eigenvalue weighted by Crippen LogP contribution is 2.48. The molecule has 7 heterocycles. The SMILES string of the molecule is COC(=O)N[C@H](C(=O)N1CCC[C@H]1c1ncc(-c2ccc3c(c2)cc2n3C(C)Oc3cc(-c4cnc([C@@H]5C6CCC(CC6)N5C(=O)[C@@H](NC(=O)OC)C(C)C)[nH]4)ccc3-2)[nH]1)C(C)C. The van der Waals surface area contributed by atoms with Crippen LogP contribution in [0.15, 0.2) is 54.9 Å². The van der Waals surface area contributed by atoms with Crippen molar-refractivity contribution in [3.8, 4) is 39.5 Å². The number of imidazole rings is 2. The van der Waals surface area contributed by atoms with E-state index < -0.39 is 24.3 Å². The Bertz CT molecular complexity index is 2550. The lowest BCUT2D eigenvalue weighted by molar-refractivity contribution is -0.149. The van der Waals surface area contributed by atoms with Gasteiger partial charge in [0.1, 0.15) is 29.5 Å². The third kappa shape index (κ3) is 7.56. The molecule has 2 bridgehead atoms. The lowest BCUT2D eigenvalue weighted by Crippen LogP contribution is -2.59. The first-order valence-corrected chi connectivity index (χ1v) is 22.2. The molecule has 332 valence electrons. The quantitative estimate of drug-likeness (QED) is 0.108. The number of ether oxygens (including phenoxy) is 3. The Balaban J connectivity index is 0.956. The molecule has 4 N–H and O–H groups in total. The molecule has 4 amide bonds. The number of nitrogens with zero attached hydrogens (tertiary/aromatic N) is 5. The number of nitrogens with one attached hydrogen (secondary N) is 4. The second-order valence-electron chi connectivity index (χ2n) is 18.1. The summed E-state index contributed by atoms with van der Waals surface area (Å²) < 4.78 is 18.5. The first-order chi connectivity index (χ1) is 30.3. The van der Waals surface area contributed by atoms with Crippen molar-refractivity contribution in [2.24, 2.45) is 17.8 Å². The van der Waals surface area contributed by atoms with Crippen LogP contribution in [-0.2, 0) is 19.1 Å². The number of H-pyrrole nitrogens is 2. The number of carbonyl (C=O) groups excluding carboxylic acids is 4. The minimum Gasteiger partial charge on any atom is -0.470 e. The van der Waals surface area contributed by atoms with Crippen LogP contribution in [0.1, 0.15) is 103 Å². The number of rotatable bonds is 10. The molecule has 2 aromatic carbocycles. The summed E-state index contributed by atoms with van der Waals surface area (Å²) in [5.41, 5.74) is 6.65. The zero-order valence-corrected chi connectivity index (χ0v) is 36.9. The third-order valence-corrected chi connectivity index (χ3v) is 13.6. The van der Waals surface area contributed by atoms with Gasteiger partial charge in [-0.25, -0.2) is 19.6 Å². The average molecular weight is 860 g/mol. The van der Waals surface area contributed by atoms with Crippen molar-refractivity contribution in [1.82, 2.24) is 44.9 Å². The van der Waals surface area contributed by atoms with Gasteiger partial charge in [-0.2, -0.15) is 0 Å². The summed E-state index contributed by atoms with van der Waals surface area (Å²) in [5, 5.41) is 6.55. The number of alkyl carbamates (subject to hydrolysis) is 2. The third-order valence-electron chi connectivity index (χ3n) is 13.6. The van der Waals surface area contributed by atoms with E-state index in [0.717, 1.165) is 94.8 Å². The Hall–Kier alpha value is -6.32. The molecule has 3 aromatic heterocycles. The summed E-state index contributed by atoms with van der Waals surface area (Å²) in [6, 6.07) is 13.0. The number of methoxy groups -OCH3 is 2. The maximum Gasteiger partial charge on any atom is 0.407 e. The molecule has 63 heavy (non-hydrogen) atoms. The number of piperidine rings is 2. The maximum atomic E-state index is 14.2. The molecule has 5 aliphatic rings. The number of aromatic amines is 2. The fraction of sp³-hybridized carbons (Fsp3) is 0.489. The molecule has 3 saturated heterocycles. The van der Waals surface area contributed by atoms with Crippen LogP contribution in [0, 0.1) is 17.8 Å². The van der Waals surface area contributed by atoms with Gasteiger partial charge in [0.25, 0.3) is 0 Å². The second kappa shape index (κ2) is 16.8. The molecule has 16 nitrogen and oxygen atoms in total. The smallest absolute Gasteiger partial charge is 0.407 e. The minimum absolute atomic E-state index is 0.0853. The number of hydrogen-bond donors (Lipinski definition) is 4. The molecule has 4 aliphatic heterocycles. The first-order valence-electron chi connectivity index (χ1n) is 22.2. The molecular weight excluding hydrogens is 803 g/mol. The first kappa shape index (κ1) is 42.0. The van der Waals surface area contributed by atoms with Crippen LogP contribution < -0.4 is 15.4 Å². The zero-order chi connectivity index (χ0) is 44.3. The van der Waals surface area contributed by atoms with Crippen molar-refractivity contribution in [2.75, 3.05) is 20.8 Å². The van der Waals surface area contributed by atoms with Crippen LogP contribution in [0.3, 0.4) is 0 Å². The van der Waals surface area contributed by atoms with Crippen molar-refractivity contribution in [2.45, 2.75) is 110 Å². The van der Waals surface area contributed by atoms with Gasteiger partial charge < -0.3 is 49.2 Å². The Morgan fingerprint density at radius 3 is 2.06 bits per heavy atom. The summed E-state index contributed by atoms with van der Waals surface area (Å²) in [5.74, 6) is 2.02. The topological polar surface area (TPSA) is 189 Å². The number of hydrogen-bond acceptors (Lipinski definition) is 9. The van der Waals surface area contributed by atoms with E-state index in [4.69, 9.17) is 24.2 Å². The van der Waals surface area contributed by atoms with Crippen LogP contribution in [0.4, 0.5) is 9.59 Å². The van der Waals surface area contributed by atoms with E-state index in [1.807, 2.05) is 56.8 Å². The standard InChI is InChI=1S/C47H57N9O7/c1-24(2)39(52-46(59)61-6)44(57)54-18-8-9-36(54)42-48-22-33(50-42)28-13-17-35-30(19-28)20-37-32-16-12-29(21-38(32)63-26(5)55(35)37)34-23-49-43(51-34)41-27-10-14-31(15-11-27)56(41)45(58)40(25(3)4)53-47(60)62-7/h12-13,16-17,19-27,31,36,39-41H,8-11,14-15,18H2,1-7H3,(H,48,50)(H,49,51)(H,52,59)(H,53,60)/t26?,27?,31?,36-,39-,40-,41-/m0/s1. The van der Waals surface area contributed by atoms with E-state index in [0.29, 0.717) is 12.4 Å². The number of benzene rings is 2. The molecule has 1 aliphatic carbocycles. The summed E-state index contributed by atoms with van der Waals surface area (Å²) >= 11 is 0. The zero-order valence-electron chi connectivity index (χ0n) is 36.9. The predicted octanol–water partition coefficient (Wildman–Crippen LogP) is 7.87. The van der Waals surface area contributed by atoms with Gasteiger partial charge in [-0.15, -0.1) is 0 Å². The van der Waals surface area contributed by atoms with Crippen molar-refractivity contribution in [1.29, 1.82) is 0 Å². The average Bonchev–Trinajstić information content (AvgIpc) is 4.13. The van der Waals surface area contributed by atoms with E-state index in [1.165, 1.54) is 14.2 Å². The Morgan fingerprint density at radius 1 is 0.778 bits per heavy atom. The highest BCUT2D eigenvalue weighted by Gasteiger charge is 2.48. The summed E-state index contributed by atoms with van der Waals surface area (Å²) in [6.45, 7) is 10.3. The number of aromatic nitrogens is 5. The van der Waals surface area contributed by atoms with E-state index in [9.17, 15) is 19.2 Å². The maximum absolute atomic E-state index is 14.2. The van der Waals surface area contributed by atoms with Crippen molar-refractivity contribution in [3.63, 3.8) is 0 Å². The molecule has 0 radical (unpaired) electrons. The van der Waals surface area contributed by atoms with Gasteiger partial charge in [0, 0.05) is 34.7 Å². The van der Waals surface area contributed by atoms with Crippen LogP contribution >= 0.6 is 0 Å². The lowest BCUT2D eigenvalue weighted by atomic mass is 9.73. The number of likely N-dealkylation sites (tertiary alicyclic amines) is 1. The van der Waals surface area contributed by atoms with Gasteiger partial charge in [0.15, 0.2) is 6.23 Å². The molecule has 4 fully saturated rings. The minimum atomic E-state index is -0.705. The van der Waals surface area contributed by atoms with E-state index in [2.05, 4.69) is 67.6 Å². The molecule has 16 heteroatoms. The molecule has 0 spiro atoms. The van der Waals surface area contributed by atoms with Crippen LogP contribution in [0.5, 0.6) is 5.75 Å². The monoisotopic (exact) mass is 859 g/mol. The van der Waals surface area contributed by atoms with Gasteiger partial charge in [-0.05, 0) is 93.5 Å². The molecule has 5 atom stereocenters. The normalized spacial score (nSPS) is 22.4. The number of fused-ring (bicyclic) bond motifs is 8. The summed E-state index contributed by atoms with van der Waals surface area (Å²) in [4.78, 5) is 72.7.